The number of thiophene rings is 1. The van der Waals surface area contributed by atoms with Crippen LogP contribution in [0.5, 0.6) is 0 Å². The molecule has 5 nitrogen and oxygen atoms in total. The van der Waals surface area contributed by atoms with E-state index < -0.39 is 0 Å². The van der Waals surface area contributed by atoms with E-state index in [0.717, 1.165) is 34.7 Å². The van der Waals surface area contributed by atoms with Crippen LogP contribution in [0, 0.1) is 0 Å². The molecule has 0 aliphatic heterocycles. The predicted molar refractivity (Wildman–Crippen MR) is 78.1 cm³/mol. The van der Waals surface area contributed by atoms with Crippen molar-refractivity contribution in [2.24, 2.45) is 0 Å². The third-order valence-corrected chi connectivity index (χ3v) is 3.75. The number of aromatic nitrogens is 4. The number of anilines is 1. The molecule has 0 aliphatic carbocycles. The van der Waals surface area contributed by atoms with Crippen LogP contribution in [-0.4, -0.2) is 26.6 Å². The van der Waals surface area contributed by atoms with Crippen LogP contribution in [-0.2, 0) is 6.42 Å². The van der Waals surface area contributed by atoms with Gasteiger partial charge in [-0.05, 0) is 17.9 Å². The van der Waals surface area contributed by atoms with Crippen molar-refractivity contribution in [3.05, 3.63) is 29.7 Å². The first-order chi connectivity index (χ1) is 9.33. The summed E-state index contributed by atoms with van der Waals surface area (Å²) < 4.78 is 2.06. The molecule has 0 atom stereocenters. The van der Waals surface area contributed by atoms with Crippen molar-refractivity contribution in [3.63, 3.8) is 0 Å². The second kappa shape index (κ2) is 4.97. The van der Waals surface area contributed by atoms with Gasteiger partial charge in [-0.1, -0.05) is 6.92 Å². The number of aryl methyl sites for hydroxylation is 1. The molecule has 6 heteroatoms. The number of nitrogens with zero attached hydrogens (tertiary/aromatic N) is 4. The van der Waals surface area contributed by atoms with Crippen LogP contribution in [0.2, 0.25) is 0 Å². The summed E-state index contributed by atoms with van der Waals surface area (Å²) in [4.78, 5) is 14.5. The maximum Gasteiger partial charge on any atom is 0.225 e. The Morgan fingerprint density at radius 1 is 1.37 bits per heavy atom. The molecule has 0 bridgehead atoms. The summed E-state index contributed by atoms with van der Waals surface area (Å²) in [6.07, 6.45) is 5.79. The summed E-state index contributed by atoms with van der Waals surface area (Å²) in [6, 6.07) is 2.06. The molecule has 3 aromatic heterocycles. The minimum Gasteiger partial charge on any atom is -0.357 e. The number of nitrogens with one attached hydrogen (secondary N) is 1. The largest absolute Gasteiger partial charge is 0.357 e. The molecule has 0 radical (unpaired) electrons. The van der Waals surface area contributed by atoms with Crippen LogP contribution < -0.4 is 5.32 Å². The first-order valence-corrected chi connectivity index (χ1v) is 7.17. The Kier molecular flexibility index (Phi) is 3.16. The minimum absolute atomic E-state index is 0.640. The molecule has 1 N–H and O–H groups in total. The lowest BCUT2D eigenvalue weighted by Gasteiger charge is -2.09. The zero-order valence-corrected chi connectivity index (χ0v) is 11.7. The Morgan fingerprint density at radius 2 is 2.26 bits per heavy atom. The van der Waals surface area contributed by atoms with E-state index in [2.05, 4.69) is 37.8 Å². The molecule has 0 saturated heterocycles. The molecule has 3 rings (SSSR count). The van der Waals surface area contributed by atoms with E-state index in [4.69, 9.17) is 0 Å². The van der Waals surface area contributed by atoms with Gasteiger partial charge in [-0.2, -0.15) is 4.98 Å². The second-order valence-electron chi connectivity index (χ2n) is 4.22. The van der Waals surface area contributed by atoms with Gasteiger partial charge in [0.2, 0.25) is 5.95 Å². The van der Waals surface area contributed by atoms with Gasteiger partial charge in [0.25, 0.3) is 0 Å². The molecule has 0 unspecified atom stereocenters. The van der Waals surface area contributed by atoms with Gasteiger partial charge in [-0.15, -0.1) is 11.3 Å². The van der Waals surface area contributed by atoms with E-state index in [1.165, 1.54) is 0 Å². The van der Waals surface area contributed by atoms with Crippen molar-refractivity contribution in [2.45, 2.75) is 19.8 Å². The highest BCUT2D eigenvalue weighted by molar-refractivity contribution is 7.16. The zero-order valence-electron chi connectivity index (χ0n) is 10.9. The van der Waals surface area contributed by atoms with Gasteiger partial charge in [0, 0.05) is 25.9 Å². The van der Waals surface area contributed by atoms with Gasteiger partial charge in [0.05, 0.1) is 5.39 Å². The fourth-order valence-corrected chi connectivity index (χ4v) is 2.83. The number of imidazole rings is 1. The molecular weight excluding hydrogens is 258 g/mol. The summed E-state index contributed by atoms with van der Waals surface area (Å²) >= 11 is 1.62. The second-order valence-corrected chi connectivity index (χ2v) is 5.12. The summed E-state index contributed by atoms with van der Waals surface area (Å²) in [6.45, 7) is 2.15. The SMILES string of the molecule is CCCc1nccn1-c1nc(NC)nc2sccc12. The molecule has 0 amide bonds. The molecule has 0 spiro atoms. The number of hydrogen-bond donors (Lipinski definition) is 1. The normalized spacial score (nSPS) is 11.1. The van der Waals surface area contributed by atoms with E-state index >= 15 is 0 Å². The Bertz CT molecular complexity index is 700. The Morgan fingerprint density at radius 3 is 3.05 bits per heavy atom. The highest BCUT2D eigenvalue weighted by Crippen LogP contribution is 2.26. The van der Waals surface area contributed by atoms with Gasteiger partial charge in [-0.25, -0.2) is 9.97 Å². The Labute approximate surface area is 115 Å². The molecule has 98 valence electrons. The van der Waals surface area contributed by atoms with Gasteiger partial charge in [0.1, 0.15) is 10.7 Å². The zero-order chi connectivity index (χ0) is 13.2. The number of rotatable bonds is 4. The van der Waals surface area contributed by atoms with Crippen molar-refractivity contribution in [3.8, 4) is 5.82 Å². The minimum atomic E-state index is 0.640. The standard InChI is InChI=1S/C13H15N5S/c1-3-4-10-15-6-7-18(10)11-9-5-8-19-12(9)17-13(14-2)16-11/h5-8H,3-4H2,1-2H3,(H,14,16,17). The van der Waals surface area contributed by atoms with Crippen LogP contribution in [0.4, 0.5) is 5.95 Å². The highest BCUT2D eigenvalue weighted by Gasteiger charge is 2.12. The lowest BCUT2D eigenvalue weighted by atomic mass is 10.3. The van der Waals surface area contributed by atoms with Crippen LogP contribution >= 0.6 is 11.3 Å². The first kappa shape index (κ1) is 12.1. The maximum atomic E-state index is 4.58. The third kappa shape index (κ3) is 2.08. The van der Waals surface area contributed by atoms with Crippen molar-refractivity contribution in [2.75, 3.05) is 12.4 Å². The summed E-state index contributed by atoms with van der Waals surface area (Å²) in [5, 5.41) is 6.12. The highest BCUT2D eigenvalue weighted by atomic mass is 32.1. The molecule has 19 heavy (non-hydrogen) atoms. The Balaban J connectivity index is 2.22. The van der Waals surface area contributed by atoms with Crippen LogP contribution in [0.1, 0.15) is 19.2 Å². The van der Waals surface area contributed by atoms with Crippen LogP contribution in [0.3, 0.4) is 0 Å². The topological polar surface area (TPSA) is 55.6 Å². The Hall–Kier alpha value is -1.95. The lowest BCUT2D eigenvalue weighted by molar-refractivity contribution is 0.801. The average molecular weight is 273 g/mol. The molecule has 0 fully saturated rings. The monoisotopic (exact) mass is 273 g/mol. The van der Waals surface area contributed by atoms with E-state index in [1.807, 2.05) is 24.8 Å². The molecule has 0 aromatic carbocycles. The predicted octanol–water partition coefficient (Wildman–Crippen LogP) is 2.87. The fourth-order valence-electron chi connectivity index (χ4n) is 2.07. The first-order valence-electron chi connectivity index (χ1n) is 6.29. The third-order valence-electron chi connectivity index (χ3n) is 2.95. The molecule has 0 saturated carbocycles. The van der Waals surface area contributed by atoms with Gasteiger partial charge < -0.3 is 5.32 Å². The van der Waals surface area contributed by atoms with Gasteiger partial charge in [-0.3, -0.25) is 4.57 Å². The lowest BCUT2D eigenvalue weighted by Crippen LogP contribution is -2.06. The van der Waals surface area contributed by atoms with Crippen LogP contribution in [0.25, 0.3) is 16.0 Å². The van der Waals surface area contributed by atoms with Crippen molar-refractivity contribution in [1.29, 1.82) is 0 Å². The molecule has 3 heterocycles. The van der Waals surface area contributed by atoms with Gasteiger partial charge >= 0.3 is 0 Å². The molecular formula is C13H15N5S. The molecule has 0 aliphatic rings. The van der Waals surface area contributed by atoms with Crippen LogP contribution in [0.15, 0.2) is 23.8 Å². The summed E-state index contributed by atoms with van der Waals surface area (Å²) in [7, 11) is 1.83. The summed E-state index contributed by atoms with van der Waals surface area (Å²) in [5.74, 6) is 2.58. The number of hydrogen-bond acceptors (Lipinski definition) is 5. The maximum absolute atomic E-state index is 4.58. The van der Waals surface area contributed by atoms with Crippen molar-refractivity contribution in [1.82, 2.24) is 19.5 Å². The van der Waals surface area contributed by atoms with E-state index in [0.29, 0.717) is 5.95 Å². The summed E-state index contributed by atoms with van der Waals surface area (Å²) in [5.41, 5.74) is 0. The number of fused-ring (bicyclic) bond motifs is 1. The van der Waals surface area contributed by atoms with E-state index in [-0.39, 0.29) is 0 Å². The van der Waals surface area contributed by atoms with E-state index in [9.17, 15) is 0 Å². The van der Waals surface area contributed by atoms with Crippen molar-refractivity contribution < 1.29 is 0 Å². The average Bonchev–Trinajstić information content (AvgIpc) is 3.06. The van der Waals surface area contributed by atoms with Crippen molar-refractivity contribution >= 4 is 27.5 Å². The fraction of sp³-hybridized carbons (Fsp3) is 0.308. The van der Waals surface area contributed by atoms with E-state index in [1.54, 1.807) is 11.3 Å². The smallest absolute Gasteiger partial charge is 0.225 e. The quantitative estimate of drug-likeness (QED) is 0.794. The van der Waals surface area contributed by atoms with Gasteiger partial charge in [0.15, 0.2) is 5.82 Å². The molecule has 3 aromatic rings.